The smallest absolute Gasteiger partial charge is 0.146 e. The van der Waals surface area contributed by atoms with Gasteiger partial charge in [0, 0.05) is 49.4 Å². The zero-order valence-electron chi connectivity index (χ0n) is 19.2. The summed E-state index contributed by atoms with van der Waals surface area (Å²) in [6.07, 6.45) is 1.98. The number of rotatable bonds is 6. The molecule has 0 atom stereocenters. The fraction of sp³-hybridized carbons (Fsp3) is 0.172. The molecule has 1 fully saturated rings. The molecule has 5 rings (SSSR count). The highest BCUT2D eigenvalue weighted by molar-refractivity contribution is 7.19. The Morgan fingerprint density at radius 2 is 1.41 bits per heavy atom. The number of benzene rings is 3. The Hall–Kier alpha value is -3.54. The van der Waals surface area contributed by atoms with Crippen LogP contribution in [0.25, 0.3) is 21.8 Å². The minimum absolute atomic E-state index is 0.930. The Morgan fingerprint density at radius 3 is 2.03 bits per heavy atom. The van der Waals surface area contributed by atoms with Crippen molar-refractivity contribution in [2.45, 2.75) is 0 Å². The minimum Gasteiger partial charge on any atom is -0.354 e. The molecule has 0 radical (unpaired) electrons. The van der Waals surface area contributed by atoms with Gasteiger partial charge in [0.1, 0.15) is 21.5 Å². The van der Waals surface area contributed by atoms with Gasteiger partial charge in [0.2, 0.25) is 0 Å². The van der Waals surface area contributed by atoms with Crippen molar-refractivity contribution < 1.29 is 0 Å². The van der Waals surface area contributed by atoms with E-state index in [0.717, 1.165) is 71.0 Å². The average Bonchev–Trinajstić information content (AvgIpc) is 3.34. The monoisotopic (exact) mass is 464 g/mol. The van der Waals surface area contributed by atoms with Crippen LogP contribution in [0.4, 0.5) is 5.00 Å². The first-order chi connectivity index (χ1) is 16.8. The van der Waals surface area contributed by atoms with Crippen LogP contribution in [0.2, 0.25) is 0 Å². The highest BCUT2D eigenvalue weighted by atomic mass is 32.1. The number of nitrogens with zero attached hydrogens (tertiary/aromatic N) is 4. The maximum atomic E-state index is 5.31. The molecule has 0 N–H and O–H groups in total. The maximum absolute atomic E-state index is 5.31. The van der Waals surface area contributed by atoms with E-state index in [2.05, 4.69) is 95.2 Å². The van der Waals surface area contributed by atoms with Gasteiger partial charge in [-0.25, -0.2) is 9.98 Å². The summed E-state index contributed by atoms with van der Waals surface area (Å²) in [6, 6.07) is 31.3. The summed E-state index contributed by atoms with van der Waals surface area (Å²) in [5.41, 5.74) is 4.27. The number of aromatic nitrogens is 1. The predicted molar refractivity (Wildman–Crippen MR) is 144 cm³/mol. The zero-order chi connectivity index (χ0) is 23.2. The third-order valence-electron chi connectivity index (χ3n) is 5.98. The second-order valence-electron chi connectivity index (χ2n) is 8.28. The second-order valence-corrected chi connectivity index (χ2v) is 9.26. The van der Waals surface area contributed by atoms with Crippen LogP contribution in [-0.4, -0.2) is 53.3 Å². The first-order valence-electron chi connectivity index (χ1n) is 11.7. The minimum atomic E-state index is 0.930. The van der Waals surface area contributed by atoms with E-state index in [0.29, 0.717) is 0 Å². The summed E-state index contributed by atoms with van der Waals surface area (Å²) in [5, 5.41) is 1.93. The van der Waals surface area contributed by atoms with Gasteiger partial charge >= 0.3 is 0 Å². The molecule has 1 aromatic heterocycles. The molecule has 5 heteroatoms. The first-order valence-corrected chi connectivity index (χ1v) is 12.5. The van der Waals surface area contributed by atoms with Gasteiger partial charge in [0.05, 0.1) is 0 Å². The van der Waals surface area contributed by atoms with Gasteiger partial charge in [0.15, 0.2) is 0 Å². The molecule has 170 valence electrons. The molecule has 34 heavy (non-hydrogen) atoms. The van der Waals surface area contributed by atoms with Gasteiger partial charge in [-0.15, -0.1) is 6.58 Å². The number of aliphatic imine (C=N–C) groups is 1. The number of hydrogen-bond acceptors (Lipinski definition) is 4. The number of piperazine rings is 1. The number of hydrogen-bond donors (Lipinski definition) is 0. The van der Waals surface area contributed by atoms with Gasteiger partial charge in [-0.3, -0.25) is 4.90 Å². The summed E-state index contributed by atoms with van der Waals surface area (Å²) in [4.78, 5) is 15.2. The van der Waals surface area contributed by atoms with Crippen LogP contribution in [0.5, 0.6) is 0 Å². The van der Waals surface area contributed by atoms with Crippen molar-refractivity contribution >= 4 is 22.2 Å². The third kappa shape index (κ3) is 5.01. The summed E-state index contributed by atoms with van der Waals surface area (Å²) >= 11 is 1.65. The van der Waals surface area contributed by atoms with Crippen molar-refractivity contribution in [2.24, 2.45) is 4.99 Å². The Kier molecular flexibility index (Phi) is 6.94. The SMILES string of the molecule is C=CCN1CCN(/C(=N/c2sc(-c3ccccc3)nc2-c2ccccc2)c2ccccc2)CC1. The van der Waals surface area contributed by atoms with E-state index >= 15 is 0 Å². The molecule has 3 aromatic carbocycles. The molecule has 0 aliphatic carbocycles. The van der Waals surface area contributed by atoms with Crippen LogP contribution in [-0.2, 0) is 0 Å². The lowest BCUT2D eigenvalue weighted by molar-refractivity contribution is 0.198. The summed E-state index contributed by atoms with van der Waals surface area (Å²) < 4.78 is 0. The fourth-order valence-electron chi connectivity index (χ4n) is 4.20. The molecule has 0 spiro atoms. The van der Waals surface area contributed by atoms with Crippen LogP contribution in [0.15, 0.2) is 109 Å². The lowest BCUT2D eigenvalue weighted by Gasteiger charge is -2.36. The van der Waals surface area contributed by atoms with Crippen molar-refractivity contribution in [3.05, 3.63) is 109 Å². The van der Waals surface area contributed by atoms with Gasteiger partial charge < -0.3 is 4.90 Å². The molecule has 1 aliphatic heterocycles. The van der Waals surface area contributed by atoms with E-state index in [1.807, 2.05) is 18.2 Å². The Labute approximate surface area is 205 Å². The van der Waals surface area contributed by atoms with E-state index in [1.54, 1.807) is 11.3 Å². The molecular weight excluding hydrogens is 436 g/mol. The van der Waals surface area contributed by atoms with Crippen molar-refractivity contribution in [2.75, 3.05) is 32.7 Å². The van der Waals surface area contributed by atoms with E-state index in [9.17, 15) is 0 Å². The molecule has 0 saturated carbocycles. The van der Waals surface area contributed by atoms with Gasteiger partial charge in [0.25, 0.3) is 0 Å². The Balaban J connectivity index is 1.59. The highest BCUT2D eigenvalue weighted by Crippen LogP contribution is 2.40. The van der Waals surface area contributed by atoms with E-state index in [-0.39, 0.29) is 0 Å². The summed E-state index contributed by atoms with van der Waals surface area (Å²) in [5.74, 6) is 1.01. The molecule has 2 heterocycles. The molecule has 1 saturated heterocycles. The lowest BCUT2D eigenvalue weighted by atomic mass is 10.1. The Morgan fingerprint density at radius 1 is 0.824 bits per heavy atom. The first kappa shape index (κ1) is 22.3. The van der Waals surface area contributed by atoms with Crippen LogP contribution >= 0.6 is 11.3 Å². The summed E-state index contributed by atoms with van der Waals surface area (Å²) in [7, 11) is 0. The van der Waals surface area contributed by atoms with Gasteiger partial charge in [-0.2, -0.15) is 0 Å². The van der Waals surface area contributed by atoms with Gasteiger partial charge in [-0.1, -0.05) is 108 Å². The van der Waals surface area contributed by atoms with Gasteiger partial charge in [-0.05, 0) is 0 Å². The molecular formula is C29H28N4S. The normalized spacial score (nSPS) is 14.8. The topological polar surface area (TPSA) is 31.7 Å². The van der Waals surface area contributed by atoms with Crippen LogP contribution in [0, 0.1) is 0 Å². The van der Waals surface area contributed by atoms with Crippen LogP contribution in [0.3, 0.4) is 0 Å². The second kappa shape index (κ2) is 10.6. The predicted octanol–water partition coefficient (Wildman–Crippen LogP) is 6.36. The maximum Gasteiger partial charge on any atom is 0.146 e. The molecule has 0 unspecified atom stereocenters. The van der Waals surface area contributed by atoms with Crippen molar-refractivity contribution in [1.29, 1.82) is 0 Å². The van der Waals surface area contributed by atoms with E-state index in [1.165, 1.54) is 0 Å². The molecule has 4 aromatic rings. The molecule has 0 bridgehead atoms. The number of amidine groups is 1. The third-order valence-corrected chi connectivity index (χ3v) is 6.97. The van der Waals surface area contributed by atoms with Crippen molar-refractivity contribution in [3.8, 4) is 21.8 Å². The average molecular weight is 465 g/mol. The largest absolute Gasteiger partial charge is 0.354 e. The molecule has 4 nitrogen and oxygen atoms in total. The van der Waals surface area contributed by atoms with Crippen molar-refractivity contribution in [1.82, 2.24) is 14.8 Å². The Bertz CT molecular complexity index is 1240. The van der Waals surface area contributed by atoms with E-state index < -0.39 is 0 Å². The fourth-order valence-corrected chi connectivity index (χ4v) is 5.17. The zero-order valence-corrected chi connectivity index (χ0v) is 20.0. The van der Waals surface area contributed by atoms with Crippen LogP contribution in [0.1, 0.15) is 5.56 Å². The quantitative estimate of drug-likeness (QED) is 0.189. The molecule has 1 aliphatic rings. The van der Waals surface area contributed by atoms with Crippen molar-refractivity contribution in [3.63, 3.8) is 0 Å². The standard InChI is InChI=1S/C29H28N4S/c1-2-18-32-19-21-33(22-20-32)27(24-14-8-4-9-15-24)31-29-26(23-12-6-3-7-13-23)30-28(34-29)25-16-10-5-11-17-25/h2-17H,1,18-22H2/b31-27+. The van der Waals surface area contributed by atoms with Crippen LogP contribution < -0.4 is 0 Å². The summed E-state index contributed by atoms with van der Waals surface area (Å²) in [6.45, 7) is 8.70. The lowest BCUT2D eigenvalue weighted by Crippen LogP contribution is -2.48. The highest BCUT2D eigenvalue weighted by Gasteiger charge is 2.22. The molecule has 0 amide bonds. The number of thiazole rings is 1. The van der Waals surface area contributed by atoms with E-state index in [4.69, 9.17) is 9.98 Å².